The maximum atomic E-state index is 13.2. The SMILES string of the molecule is COc1cc(-c2cnc3cc(OC4CN(C)C4)ccn23)cc(OC(F)F)c1C(=O)CC1CC1. The molecule has 9 heteroatoms. The predicted molar refractivity (Wildman–Crippen MR) is 117 cm³/mol. The van der Waals surface area contributed by atoms with Gasteiger partial charge in [-0.2, -0.15) is 8.78 Å². The number of carbonyl (C=O) groups is 1. The molecule has 2 aromatic heterocycles. The van der Waals surface area contributed by atoms with Crippen molar-refractivity contribution in [3.63, 3.8) is 0 Å². The lowest BCUT2D eigenvalue weighted by atomic mass is 10.00. The molecule has 0 N–H and O–H groups in total. The van der Waals surface area contributed by atoms with Crippen molar-refractivity contribution in [2.45, 2.75) is 32.0 Å². The van der Waals surface area contributed by atoms with E-state index in [1.54, 1.807) is 12.3 Å². The first kappa shape index (κ1) is 21.6. The second-order valence-electron chi connectivity index (χ2n) is 8.70. The van der Waals surface area contributed by atoms with E-state index in [1.165, 1.54) is 13.2 Å². The number of hydrogen-bond acceptors (Lipinski definition) is 6. The van der Waals surface area contributed by atoms with E-state index >= 15 is 0 Å². The van der Waals surface area contributed by atoms with E-state index in [1.807, 2.05) is 29.8 Å². The summed E-state index contributed by atoms with van der Waals surface area (Å²) in [5.41, 5.74) is 1.91. The molecule has 1 aliphatic carbocycles. The molecule has 1 saturated carbocycles. The summed E-state index contributed by atoms with van der Waals surface area (Å²) in [6, 6.07) is 6.80. The van der Waals surface area contributed by atoms with Gasteiger partial charge in [-0.1, -0.05) is 0 Å². The van der Waals surface area contributed by atoms with E-state index < -0.39 is 6.61 Å². The molecule has 3 heterocycles. The highest BCUT2D eigenvalue weighted by atomic mass is 19.3. The maximum Gasteiger partial charge on any atom is 0.387 e. The topological polar surface area (TPSA) is 65.3 Å². The molecule has 0 radical (unpaired) electrons. The Morgan fingerprint density at radius 3 is 2.64 bits per heavy atom. The normalized spacial score (nSPS) is 16.8. The van der Waals surface area contributed by atoms with Crippen LogP contribution in [0.1, 0.15) is 29.6 Å². The van der Waals surface area contributed by atoms with Crippen LogP contribution >= 0.6 is 0 Å². The molecule has 0 spiro atoms. The smallest absolute Gasteiger partial charge is 0.387 e. The van der Waals surface area contributed by atoms with Crippen LogP contribution in [0.3, 0.4) is 0 Å². The highest BCUT2D eigenvalue weighted by molar-refractivity contribution is 6.02. The summed E-state index contributed by atoms with van der Waals surface area (Å²) in [6.07, 6.45) is 5.87. The van der Waals surface area contributed by atoms with Crippen molar-refractivity contribution in [1.82, 2.24) is 14.3 Å². The van der Waals surface area contributed by atoms with E-state index in [-0.39, 0.29) is 28.9 Å². The average Bonchev–Trinajstić information content (AvgIpc) is 3.47. The van der Waals surface area contributed by atoms with Crippen LogP contribution in [0, 0.1) is 5.92 Å². The Morgan fingerprint density at radius 2 is 1.97 bits per heavy atom. The number of halogens is 2. The van der Waals surface area contributed by atoms with Gasteiger partial charge < -0.3 is 14.2 Å². The fraction of sp³-hybridized carbons (Fsp3) is 0.417. The van der Waals surface area contributed by atoms with Crippen molar-refractivity contribution in [3.05, 3.63) is 42.2 Å². The lowest BCUT2D eigenvalue weighted by Gasteiger charge is -2.35. The molecule has 3 aromatic rings. The van der Waals surface area contributed by atoms with Crippen LogP contribution in [-0.4, -0.2) is 60.0 Å². The number of imidazole rings is 1. The highest BCUT2D eigenvalue weighted by Gasteiger charge is 2.30. The number of fused-ring (bicyclic) bond motifs is 1. The Bertz CT molecular complexity index is 1190. The lowest BCUT2D eigenvalue weighted by molar-refractivity contribution is -0.0502. The molecule has 174 valence electrons. The number of pyridine rings is 1. The Hall–Kier alpha value is -3.20. The minimum atomic E-state index is -3.06. The first-order valence-corrected chi connectivity index (χ1v) is 10.9. The predicted octanol–water partition coefficient (Wildman–Crippen LogP) is 4.29. The molecule has 0 amide bonds. The van der Waals surface area contributed by atoms with E-state index in [0.717, 1.165) is 31.7 Å². The van der Waals surface area contributed by atoms with Crippen molar-refractivity contribution in [3.8, 4) is 28.5 Å². The quantitative estimate of drug-likeness (QED) is 0.447. The van der Waals surface area contributed by atoms with E-state index in [9.17, 15) is 13.6 Å². The third-order valence-electron chi connectivity index (χ3n) is 6.07. The Labute approximate surface area is 189 Å². The van der Waals surface area contributed by atoms with Crippen LogP contribution in [0.5, 0.6) is 17.2 Å². The standard InChI is InChI=1S/C24H25F2N3O4/c1-28-12-17(13-28)32-16-5-6-29-18(11-27-22(29)10-16)15-8-20(31-2)23(19(30)7-14-3-4-14)21(9-15)33-24(25)26/h5-6,8-11,14,17,24H,3-4,7,12-13H2,1-2H3. The van der Waals surface area contributed by atoms with Gasteiger partial charge in [-0.05, 0) is 44.0 Å². The second kappa shape index (κ2) is 8.62. The molecule has 2 fully saturated rings. The summed E-state index contributed by atoms with van der Waals surface area (Å²) in [4.78, 5) is 19.4. The van der Waals surface area contributed by atoms with Crippen molar-refractivity contribution in [2.24, 2.45) is 5.92 Å². The molecular weight excluding hydrogens is 432 g/mol. The number of nitrogens with zero attached hydrogens (tertiary/aromatic N) is 3. The number of rotatable bonds is 9. The zero-order valence-corrected chi connectivity index (χ0v) is 18.5. The first-order valence-electron chi connectivity index (χ1n) is 10.9. The van der Waals surface area contributed by atoms with Crippen molar-refractivity contribution >= 4 is 11.4 Å². The van der Waals surface area contributed by atoms with Gasteiger partial charge in [0.2, 0.25) is 0 Å². The summed E-state index contributed by atoms with van der Waals surface area (Å²) in [6.45, 7) is -1.31. The van der Waals surface area contributed by atoms with Gasteiger partial charge in [0, 0.05) is 37.3 Å². The fourth-order valence-electron chi connectivity index (χ4n) is 4.21. The molecule has 33 heavy (non-hydrogen) atoms. The van der Waals surface area contributed by atoms with Gasteiger partial charge in [-0.15, -0.1) is 0 Å². The fourth-order valence-corrected chi connectivity index (χ4v) is 4.21. The van der Waals surface area contributed by atoms with Gasteiger partial charge >= 0.3 is 6.61 Å². The Balaban J connectivity index is 1.50. The molecule has 0 unspecified atom stereocenters. The van der Waals surface area contributed by atoms with Gasteiger partial charge in [-0.3, -0.25) is 14.1 Å². The molecule has 1 saturated heterocycles. The molecule has 2 aliphatic rings. The van der Waals surface area contributed by atoms with Crippen molar-refractivity contribution < 1.29 is 27.8 Å². The van der Waals surface area contributed by atoms with Gasteiger partial charge in [0.05, 0.1) is 19.0 Å². The van der Waals surface area contributed by atoms with E-state index in [2.05, 4.69) is 9.88 Å². The minimum Gasteiger partial charge on any atom is -0.496 e. The number of ether oxygens (including phenoxy) is 3. The van der Waals surface area contributed by atoms with Crippen molar-refractivity contribution in [1.29, 1.82) is 0 Å². The van der Waals surface area contributed by atoms with E-state index in [0.29, 0.717) is 29.2 Å². The minimum absolute atomic E-state index is 0.0587. The largest absolute Gasteiger partial charge is 0.496 e. The van der Waals surface area contributed by atoms with Crippen LogP contribution in [-0.2, 0) is 0 Å². The summed E-state index contributed by atoms with van der Waals surface area (Å²) >= 11 is 0. The van der Waals surface area contributed by atoms with Gasteiger partial charge in [0.1, 0.15) is 34.6 Å². The average molecular weight is 457 g/mol. The Kier molecular flexibility index (Phi) is 5.65. The monoisotopic (exact) mass is 457 g/mol. The van der Waals surface area contributed by atoms with Gasteiger partial charge in [0.15, 0.2) is 5.78 Å². The van der Waals surface area contributed by atoms with Gasteiger partial charge in [-0.25, -0.2) is 4.98 Å². The van der Waals surface area contributed by atoms with Crippen LogP contribution < -0.4 is 14.2 Å². The number of aromatic nitrogens is 2. The van der Waals surface area contributed by atoms with E-state index in [4.69, 9.17) is 14.2 Å². The van der Waals surface area contributed by atoms with Crippen LogP contribution in [0.15, 0.2) is 36.7 Å². The number of hydrogen-bond donors (Lipinski definition) is 0. The van der Waals surface area contributed by atoms with Crippen molar-refractivity contribution in [2.75, 3.05) is 27.2 Å². The number of alkyl halides is 2. The molecule has 0 atom stereocenters. The molecule has 1 aliphatic heterocycles. The second-order valence-corrected chi connectivity index (χ2v) is 8.70. The zero-order chi connectivity index (χ0) is 23.1. The zero-order valence-electron chi connectivity index (χ0n) is 18.5. The van der Waals surface area contributed by atoms with Crippen LogP contribution in [0.25, 0.3) is 16.9 Å². The third-order valence-corrected chi connectivity index (χ3v) is 6.07. The molecular formula is C24H25F2N3O4. The number of carbonyl (C=O) groups excluding carboxylic acids is 1. The highest BCUT2D eigenvalue weighted by Crippen LogP contribution is 2.40. The number of likely N-dealkylation sites (tertiary alicyclic amines) is 1. The maximum absolute atomic E-state index is 13.2. The summed E-state index contributed by atoms with van der Waals surface area (Å²) in [7, 11) is 3.45. The first-order chi connectivity index (χ1) is 15.9. The number of Topliss-reactive ketones (excluding diaryl/α,β-unsaturated/α-hetero) is 1. The Morgan fingerprint density at radius 1 is 1.21 bits per heavy atom. The lowest BCUT2D eigenvalue weighted by Crippen LogP contribution is -2.51. The summed E-state index contributed by atoms with van der Waals surface area (Å²) in [5, 5.41) is 0. The third kappa shape index (κ3) is 4.50. The van der Waals surface area contributed by atoms with Crippen LogP contribution in [0.4, 0.5) is 8.78 Å². The number of likely N-dealkylation sites (N-methyl/N-ethyl adjacent to an activating group) is 1. The number of ketones is 1. The number of methoxy groups -OCH3 is 1. The molecule has 1 aromatic carbocycles. The molecule has 7 nitrogen and oxygen atoms in total. The van der Waals surface area contributed by atoms with Crippen LogP contribution in [0.2, 0.25) is 0 Å². The number of benzene rings is 1. The molecule has 0 bridgehead atoms. The summed E-state index contributed by atoms with van der Waals surface area (Å²) < 4.78 is 44.4. The van der Waals surface area contributed by atoms with Gasteiger partial charge in [0.25, 0.3) is 0 Å². The summed E-state index contributed by atoms with van der Waals surface area (Å²) in [5.74, 6) is 0.791. The molecule has 5 rings (SSSR count).